The van der Waals surface area contributed by atoms with E-state index in [1.165, 1.54) is 4.67 Å². The lowest BCUT2D eigenvalue weighted by Crippen LogP contribution is -2.38. The Hall–Kier alpha value is -3.79. The van der Waals surface area contributed by atoms with E-state index in [9.17, 15) is 9.18 Å². The van der Waals surface area contributed by atoms with Crippen LogP contribution in [-0.2, 0) is 28.9 Å². The molecule has 1 amide bonds. The number of carbonyl (C=O) groups is 1. The summed E-state index contributed by atoms with van der Waals surface area (Å²) >= 11 is 0. The second-order valence-corrected chi connectivity index (χ2v) is 12.6. The summed E-state index contributed by atoms with van der Waals surface area (Å²) in [6, 6.07) is 34.3. The lowest BCUT2D eigenvalue weighted by Gasteiger charge is -2.37. The van der Waals surface area contributed by atoms with Gasteiger partial charge in [-0.2, -0.15) is 0 Å². The number of alkyl halides is 1. The number of rotatable bonds is 12. The Kier molecular flexibility index (Phi) is 10.6. The van der Waals surface area contributed by atoms with E-state index >= 15 is 0 Å². The number of halogens is 1. The molecule has 4 aromatic rings. The van der Waals surface area contributed by atoms with Crippen molar-refractivity contribution in [1.82, 2.24) is 4.67 Å². The third-order valence-corrected chi connectivity index (χ3v) is 10.1. The molecular weight excluding hydrogens is 619 g/mol. The highest BCUT2D eigenvalue weighted by Crippen LogP contribution is 2.56. The third kappa shape index (κ3) is 7.08. The summed E-state index contributed by atoms with van der Waals surface area (Å²) in [7, 11) is 7.63. The van der Waals surface area contributed by atoms with Gasteiger partial charge in [-0.1, -0.05) is 84.9 Å². The fourth-order valence-electron chi connectivity index (χ4n) is 6.00. The van der Waals surface area contributed by atoms with Gasteiger partial charge in [0, 0.05) is 6.00 Å². The maximum Gasteiger partial charge on any atom is 0.293 e. The van der Waals surface area contributed by atoms with Crippen molar-refractivity contribution in [2.45, 2.75) is 36.3 Å². The number of methoxy groups -OCH3 is 2. The van der Waals surface area contributed by atoms with Gasteiger partial charge in [-0.25, -0.2) is 4.39 Å². The van der Waals surface area contributed by atoms with Gasteiger partial charge in [0.15, 0.2) is 6.67 Å². The predicted molar refractivity (Wildman–Crippen MR) is 177 cm³/mol. The summed E-state index contributed by atoms with van der Waals surface area (Å²) in [6.45, 7) is -0.886. The molecule has 2 fully saturated rings. The summed E-state index contributed by atoms with van der Waals surface area (Å²) in [6.07, 6.45) is -1.30. The zero-order chi connectivity index (χ0) is 32.8. The van der Waals surface area contributed by atoms with E-state index in [-0.39, 0.29) is 13.2 Å². The van der Waals surface area contributed by atoms with E-state index in [4.69, 9.17) is 35.8 Å². The summed E-state index contributed by atoms with van der Waals surface area (Å²) in [4.78, 5) is 12.6. The van der Waals surface area contributed by atoms with Crippen LogP contribution in [0.1, 0.15) is 34.8 Å². The van der Waals surface area contributed by atoms with Crippen molar-refractivity contribution in [2.75, 3.05) is 34.0 Å². The highest BCUT2D eigenvalue weighted by molar-refractivity contribution is 7.45. The third-order valence-electron chi connectivity index (χ3n) is 8.42. The first kappa shape index (κ1) is 33.1. The molecule has 0 aliphatic carbocycles. The molecule has 2 radical (unpaired) electrons. The van der Waals surface area contributed by atoms with Crippen LogP contribution in [0.15, 0.2) is 109 Å². The van der Waals surface area contributed by atoms with Crippen molar-refractivity contribution in [1.29, 1.82) is 0 Å². The van der Waals surface area contributed by atoms with Crippen LogP contribution in [0.3, 0.4) is 0 Å². The van der Waals surface area contributed by atoms with Crippen LogP contribution < -0.4 is 9.47 Å². The Morgan fingerprint density at radius 1 is 0.872 bits per heavy atom. The van der Waals surface area contributed by atoms with E-state index in [0.717, 1.165) is 22.3 Å². The average molecular weight is 655 g/mol. The van der Waals surface area contributed by atoms with Crippen molar-refractivity contribution in [2.24, 2.45) is 0 Å². The maximum absolute atomic E-state index is 13.7. The van der Waals surface area contributed by atoms with Gasteiger partial charge in [-0.3, -0.25) is 9.46 Å². The zero-order valence-corrected chi connectivity index (χ0v) is 27.1. The topological polar surface area (TPSA) is 75.7 Å². The number of hydrogen-bond donors (Lipinski definition) is 0. The fourth-order valence-corrected chi connectivity index (χ4v) is 7.66. The molecule has 8 nitrogen and oxygen atoms in total. The fraction of sp³-hybridized carbons (Fsp3) is 0.306. The first-order valence-electron chi connectivity index (χ1n) is 15.4. The molecule has 6 rings (SSSR count). The van der Waals surface area contributed by atoms with Gasteiger partial charge in [-0.15, -0.1) is 0 Å². The minimum absolute atomic E-state index is 0.0770. The molecular formula is C36H36BFNO7P. The molecule has 0 spiro atoms. The van der Waals surface area contributed by atoms with Crippen molar-refractivity contribution >= 4 is 22.3 Å². The quantitative estimate of drug-likeness (QED) is 0.0984. The molecule has 242 valence electrons. The Balaban J connectivity index is 1.31. The summed E-state index contributed by atoms with van der Waals surface area (Å²) in [5.41, 5.74) is 2.42. The van der Waals surface area contributed by atoms with Crippen molar-refractivity contribution < 1.29 is 37.2 Å². The minimum atomic E-state index is -1.93. The Morgan fingerprint density at radius 2 is 1.43 bits per heavy atom. The molecule has 2 aliphatic heterocycles. The van der Waals surface area contributed by atoms with Crippen LogP contribution in [0, 0.1) is 0 Å². The Bertz CT molecular complexity index is 1550. The van der Waals surface area contributed by atoms with E-state index in [2.05, 4.69) is 0 Å². The molecule has 11 heteroatoms. The first-order valence-corrected chi connectivity index (χ1v) is 16.5. The molecule has 0 N–H and O–H groups in total. The van der Waals surface area contributed by atoms with Crippen molar-refractivity contribution in [3.63, 3.8) is 0 Å². The van der Waals surface area contributed by atoms with Crippen LogP contribution in [-0.4, -0.2) is 70.7 Å². The van der Waals surface area contributed by atoms with Gasteiger partial charge in [0.05, 0.1) is 33.5 Å². The number of amides is 1. The molecule has 0 saturated carbocycles. The Morgan fingerprint density at radius 3 is 1.98 bits per heavy atom. The SMILES string of the molecule is [B]C1CC(OP2OC(c3ccccc3)CN2C(=O)CF)C(COC(c2ccccc2)(c2ccc(OC)cc2)c2ccc(OC)cc2)O1. The molecule has 47 heavy (non-hydrogen) atoms. The zero-order valence-electron chi connectivity index (χ0n) is 26.2. The van der Waals surface area contributed by atoms with Crippen LogP contribution in [0.5, 0.6) is 11.5 Å². The van der Waals surface area contributed by atoms with Gasteiger partial charge in [0.1, 0.15) is 37.2 Å². The number of benzene rings is 4. The number of carbonyl (C=O) groups excluding carboxylic acids is 1. The lowest BCUT2D eigenvalue weighted by molar-refractivity contribution is -0.127. The molecule has 5 atom stereocenters. The highest BCUT2D eigenvalue weighted by Gasteiger charge is 2.46. The van der Waals surface area contributed by atoms with Crippen LogP contribution in [0.4, 0.5) is 4.39 Å². The highest BCUT2D eigenvalue weighted by atomic mass is 31.2. The van der Waals surface area contributed by atoms with Crippen molar-refractivity contribution in [3.8, 4) is 11.5 Å². The van der Waals surface area contributed by atoms with Gasteiger partial charge in [-0.05, 0) is 52.9 Å². The van der Waals surface area contributed by atoms with Gasteiger partial charge < -0.3 is 28.0 Å². The molecule has 2 aliphatic rings. The normalized spacial score (nSPS) is 22.7. The maximum atomic E-state index is 13.7. The van der Waals surface area contributed by atoms with Gasteiger partial charge in [0.25, 0.3) is 14.4 Å². The molecule has 0 aromatic heterocycles. The van der Waals surface area contributed by atoms with E-state index in [1.807, 2.05) is 109 Å². The van der Waals surface area contributed by atoms with Crippen LogP contribution in [0.2, 0.25) is 0 Å². The summed E-state index contributed by atoms with van der Waals surface area (Å²) < 4.78 is 51.8. The summed E-state index contributed by atoms with van der Waals surface area (Å²) in [5.74, 6) is 0.737. The molecule has 2 saturated heterocycles. The average Bonchev–Trinajstić information content (AvgIpc) is 3.72. The number of hydrogen-bond acceptors (Lipinski definition) is 7. The van der Waals surface area contributed by atoms with E-state index in [0.29, 0.717) is 17.9 Å². The minimum Gasteiger partial charge on any atom is -0.497 e. The van der Waals surface area contributed by atoms with Gasteiger partial charge >= 0.3 is 0 Å². The summed E-state index contributed by atoms with van der Waals surface area (Å²) in [5, 5.41) is 0. The van der Waals surface area contributed by atoms with E-state index < -0.39 is 51.0 Å². The number of nitrogens with zero attached hydrogens (tertiary/aromatic N) is 1. The molecule has 2 heterocycles. The second-order valence-electron chi connectivity index (χ2n) is 11.3. The smallest absolute Gasteiger partial charge is 0.293 e. The lowest BCUT2D eigenvalue weighted by atomic mass is 9.80. The standard InChI is InChI=1S/C36H36BFNO7P/c1-41-29-17-13-27(14-18-29)36(26-11-7-4-8-12-26,28-15-19-30(42-2)20-16-28)43-24-33-31(21-34(37)44-33)45-47-39(35(40)22-38)23-32(46-47)25-9-5-3-6-10-25/h3-20,31-34H,21-24H2,1-2H3. The van der Waals surface area contributed by atoms with E-state index in [1.54, 1.807) is 14.2 Å². The Labute approximate surface area is 277 Å². The largest absolute Gasteiger partial charge is 0.497 e. The molecule has 4 aromatic carbocycles. The first-order chi connectivity index (χ1) is 22.9. The van der Waals surface area contributed by atoms with Gasteiger partial charge in [0.2, 0.25) is 0 Å². The van der Waals surface area contributed by atoms with Crippen molar-refractivity contribution in [3.05, 3.63) is 131 Å². The molecule has 5 unspecified atom stereocenters. The number of ether oxygens (including phenoxy) is 4. The van der Waals surface area contributed by atoms with Crippen LogP contribution in [0.25, 0.3) is 0 Å². The second kappa shape index (κ2) is 15.0. The predicted octanol–water partition coefficient (Wildman–Crippen LogP) is 6.48. The van der Waals surface area contributed by atoms with Crippen LogP contribution >= 0.6 is 8.53 Å². The molecule has 0 bridgehead atoms. The monoisotopic (exact) mass is 655 g/mol.